The summed E-state index contributed by atoms with van der Waals surface area (Å²) in [6.45, 7) is 2.18. The number of para-hydroxylation sites is 1. The first-order valence-electron chi connectivity index (χ1n) is 6.49. The normalized spacial score (nSPS) is 11.7. The van der Waals surface area contributed by atoms with E-state index in [0.717, 1.165) is 11.3 Å². The number of carbonyl (C=O) groups excluding carboxylic acids is 1. The maximum atomic E-state index is 11.9. The summed E-state index contributed by atoms with van der Waals surface area (Å²) in [4.78, 5) is 11.9. The van der Waals surface area contributed by atoms with Gasteiger partial charge >= 0.3 is 0 Å². The molecule has 0 unspecified atom stereocenters. The summed E-state index contributed by atoms with van der Waals surface area (Å²) in [6.07, 6.45) is 0. The van der Waals surface area contributed by atoms with Crippen LogP contribution in [0.5, 0.6) is 0 Å². The van der Waals surface area contributed by atoms with Crippen LogP contribution in [0.25, 0.3) is 0 Å². The predicted octanol–water partition coefficient (Wildman–Crippen LogP) is 3.63. The smallest absolute Gasteiger partial charge is 0.239 e. The van der Waals surface area contributed by atoms with Gasteiger partial charge in [0.05, 0.1) is 12.6 Å². The third-order valence-corrected chi connectivity index (χ3v) is 3.19. The van der Waals surface area contributed by atoms with E-state index in [2.05, 4.69) is 10.6 Å². The molecule has 2 aromatic carbocycles. The second kappa shape index (κ2) is 6.96. The van der Waals surface area contributed by atoms with Gasteiger partial charge in [-0.2, -0.15) is 0 Å². The van der Waals surface area contributed by atoms with Crippen LogP contribution in [-0.4, -0.2) is 12.5 Å². The molecular formula is C16H17ClN2O. The molecule has 2 N–H and O–H groups in total. The SMILES string of the molecule is C[C@@H](NC(=O)CNc1ccccc1)c1cccc(Cl)c1. The Morgan fingerprint density at radius 2 is 1.90 bits per heavy atom. The summed E-state index contributed by atoms with van der Waals surface area (Å²) < 4.78 is 0. The molecule has 0 spiro atoms. The second-order valence-corrected chi connectivity index (χ2v) is 5.00. The fraction of sp³-hybridized carbons (Fsp3) is 0.188. The Bertz CT molecular complexity index is 572. The average molecular weight is 289 g/mol. The van der Waals surface area contributed by atoms with Crippen LogP contribution in [0, 0.1) is 0 Å². The highest BCUT2D eigenvalue weighted by atomic mass is 35.5. The van der Waals surface area contributed by atoms with Crippen molar-refractivity contribution in [3.05, 3.63) is 65.2 Å². The lowest BCUT2D eigenvalue weighted by molar-refractivity contribution is -0.120. The molecule has 104 valence electrons. The predicted molar refractivity (Wildman–Crippen MR) is 82.9 cm³/mol. The molecule has 3 nitrogen and oxygen atoms in total. The molecule has 0 aliphatic rings. The van der Waals surface area contributed by atoms with Gasteiger partial charge in [0.1, 0.15) is 0 Å². The van der Waals surface area contributed by atoms with Gasteiger partial charge in [0, 0.05) is 10.7 Å². The molecule has 4 heteroatoms. The summed E-state index contributed by atoms with van der Waals surface area (Å²) in [5.74, 6) is -0.0543. The lowest BCUT2D eigenvalue weighted by atomic mass is 10.1. The van der Waals surface area contributed by atoms with E-state index in [0.29, 0.717) is 5.02 Å². The highest BCUT2D eigenvalue weighted by molar-refractivity contribution is 6.30. The molecule has 2 rings (SSSR count). The van der Waals surface area contributed by atoms with Crippen molar-refractivity contribution in [1.82, 2.24) is 5.32 Å². The molecule has 1 amide bonds. The summed E-state index contributed by atoms with van der Waals surface area (Å²) in [6, 6.07) is 17.1. The molecule has 20 heavy (non-hydrogen) atoms. The molecule has 0 radical (unpaired) electrons. The minimum Gasteiger partial charge on any atom is -0.376 e. The van der Waals surface area contributed by atoms with Gasteiger partial charge in [-0.05, 0) is 36.8 Å². The Morgan fingerprint density at radius 1 is 1.15 bits per heavy atom. The van der Waals surface area contributed by atoms with Crippen molar-refractivity contribution < 1.29 is 4.79 Å². The Morgan fingerprint density at radius 3 is 2.60 bits per heavy atom. The molecule has 0 heterocycles. The maximum absolute atomic E-state index is 11.9. The van der Waals surface area contributed by atoms with Gasteiger partial charge in [0.15, 0.2) is 0 Å². The van der Waals surface area contributed by atoms with Gasteiger partial charge in [0.25, 0.3) is 0 Å². The molecule has 0 saturated carbocycles. The number of amides is 1. The molecular weight excluding hydrogens is 272 g/mol. The Hall–Kier alpha value is -2.00. The van der Waals surface area contributed by atoms with E-state index >= 15 is 0 Å². The van der Waals surface area contributed by atoms with Crippen LogP contribution in [0.15, 0.2) is 54.6 Å². The van der Waals surface area contributed by atoms with E-state index in [-0.39, 0.29) is 18.5 Å². The molecule has 0 aliphatic carbocycles. The topological polar surface area (TPSA) is 41.1 Å². The van der Waals surface area contributed by atoms with E-state index < -0.39 is 0 Å². The Balaban J connectivity index is 1.85. The number of nitrogens with one attached hydrogen (secondary N) is 2. The fourth-order valence-corrected chi connectivity index (χ4v) is 2.09. The summed E-state index contributed by atoms with van der Waals surface area (Å²) in [5, 5.41) is 6.68. The van der Waals surface area contributed by atoms with Gasteiger partial charge in [-0.25, -0.2) is 0 Å². The third kappa shape index (κ3) is 4.28. The van der Waals surface area contributed by atoms with Crippen molar-refractivity contribution in [3.8, 4) is 0 Å². The van der Waals surface area contributed by atoms with Gasteiger partial charge < -0.3 is 10.6 Å². The summed E-state index contributed by atoms with van der Waals surface area (Å²) >= 11 is 5.94. The van der Waals surface area contributed by atoms with Crippen LogP contribution in [0.4, 0.5) is 5.69 Å². The largest absolute Gasteiger partial charge is 0.376 e. The lowest BCUT2D eigenvalue weighted by Crippen LogP contribution is -2.32. The monoisotopic (exact) mass is 288 g/mol. The standard InChI is InChI=1S/C16H17ClN2O/c1-12(13-6-5-7-14(17)10-13)19-16(20)11-18-15-8-3-2-4-9-15/h2-10,12,18H,11H2,1H3,(H,19,20)/t12-/m1/s1. The summed E-state index contributed by atoms with van der Waals surface area (Å²) in [5.41, 5.74) is 1.92. The van der Waals surface area contributed by atoms with Gasteiger partial charge in [-0.15, -0.1) is 0 Å². The molecule has 0 saturated heterocycles. The number of anilines is 1. The molecule has 0 aliphatic heterocycles. The number of rotatable bonds is 5. The number of hydrogen-bond acceptors (Lipinski definition) is 2. The van der Waals surface area contributed by atoms with Crippen LogP contribution in [0.2, 0.25) is 5.02 Å². The molecule has 0 fully saturated rings. The number of benzene rings is 2. The highest BCUT2D eigenvalue weighted by Crippen LogP contribution is 2.17. The van der Waals surface area contributed by atoms with E-state index in [1.165, 1.54) is 0 Å². The maximum Gasteiger partial charge on any atom is 0.239 e. The zero-order valence-electron chi connectivity index (χ0n) is 11.3. The van der Waals surface area contributed by atoms with Crippen molar-refractivity contribution in [2.24, 2.45) is 0 Å². The molecule has 0 aromatic heterocycles. The first-order valence-corrected chi connectivity index (χ1v) is 6.86. The zero-order valence-corrected chi connectivity index (χ0v) is 12.0. The van der Waals surface area contributed by atoms with Crippen molar-refractivity contribution in [3.63, 3.8) is 0 Å². The van der Waals surface area contributed by atoms with Crippen LogP contribution >= 0.6 is 11.6 Å². The van der Waals surface area contributed by atoms with Crippen molar-refractivity contribution in [2.75, 3.05) is 11.9 Å². The number of carbonyl (C=O) groups is 1. The summed E-state index contributed by atoms with van der Waals surface area (Å²) in [7, 11) is 0. The first kappa shape index (κ1) is 14.4. The molecule has 1 atom stereocenters. The average Bonchev–Trinajstić information content (AvgIpc) is 2.46. The molecule has 0 bridgehead atoms. The molecule has 2 aromatic rings. The number of hydrogen-bond donors (Lipinski definition) is 2. The van der Waals surface area contributed by atoms with Crippen molar-refractivity contribution in [2.45, 2.75) is 13.0 Å². The van der Waals surface area contributed by atoms with E-state index in [1.54, 1.807) is 0 Å². The fourth-order valence-electron chi connectivity index (χ4n) is 1.89. The van der Waals surface area contributed by atoms with Crippen LogP contribution in [0.1, 0.15) is 18.5 Å². The van der Waals surface area contributed by atoms with Crippen LogP contribution in [-0.2, 0) is 4.79 Å². The van der Waals surface area contributed by atoms with Crippen molar-refractivity contribution >= 4 is 23.2 Å². The van der Waals surface area contributed by atoms with Crippen LogP contribution in [0.3, 0.4) is 0 Å². The van der Waals surface area contributed by atoms with Gasteiger partial charge in [0.2, 0.25) is 5.91 Å². The Labute approximate surface area is 124 Å². The van der Waals surface area contributed by atoms with Crippen molar-refractivity contribution in [1.29, 1.82) is 0 Å². The second-order valence-electron chi connectivity index (χ2n) is 4.56. The van der Waals surface area contributed by atoms with Crippen LogP contribution < -0.4 is 10.6 Å². The van der Waals surface area contributed by atoms with Gasteiger partial charge in [-0.1, -0.05) is 41.9 Å². The zero-order chi connectivity index (χ0) is 14.4. The Kier molecular flexibility index (Phi) is 5.02. The lowest BCUT2D eigenvalue weighted by Gasteiger charge is -2.15. The van der Waals surface area contributed by atoms with E-state index in [9.17, 15) is 4.79 Å². The minimum absolute atomic E-state index is 0.0543. The van der Waals surface area contributed by atoms with Gasteiger partial charge in [-0.3, -0.25) is 4.79 Å². The van der Waals surface area contributed by atoms with E-state index in [4.69, 9.17) is 11.6 Å². The quantitative estimate of drug-likeness (QED) is 0.882. The van der Waals surface area contributed by atoms with E-state index in [1.807, 2.05) is 61.5 Å². The minimum atomic E-state index is -0.0706. The first-order chi connectivity index (χ1) is 9.65. The third-order valence-electron chi connectivity index (χ3n) is 2.95. The number of halogens is 1. The highest BCUT2D eigenvalue weighted by Gasteiger charge is 2.09.